The topological polar surface area (TPSA) is 39.5 Å². The number of benzene rings is 2. The van der Waals surface area contributed by atoms with Crippen LogP contribution >= 0.6 is 0 Å². The maximum absolute atomic E-state index is 13.0. The zero-order valence-corrected chi connectivity index (χ0v) is 17.3. The quantitative estimate of drug-likeness (QED) is 0.567. The number of aryl methyl sites for hydroxylation is 1. The van der Waals surface area contributed by atoms with E-state index in [4.69, 9.17) is 9.47 Å². The normalized spacial score (nSPS) is 17.2. The molecule has 2 aromatic carbocycles. The molecule has 0 radical (unpaired) electrons. The third kappa shape index (κ3) is 5.46. The first-order valence-corrected chi connectivity index (χ1v) is 10.5. The van der Waals surface area contributed by atoms with E-state index in [-0.39, 0.29) is 11.9 Å². The zero-order valence-electron chi connectivity index (χ0n) is 17.3. The number of halogens is 1. The Bertz CT molecular complexity index is 927. The van der Waals surface area contributed by atoms with Crippen LogP contribution in [0.15, 0.2) is 60.7 Å². The summed E-state index contributed by atoms with van der Waals surface area (Å²) in [5, 5.41) is 4.68. The molecule has 0 N–H and O–H groups in total. The van der Waals surface area contributed by atoms with Crippen LogP contribution in [0.3, 0.4) is 0 Å². The summed E-state index contributed by atoms with van der Waals surface area (Å²) in [7, 11) is 1.95. The molecule has 1 aliphatic rings. The highest BCUT2D eigenvalue weighted by molar-refractivity contribution is 5.22. The molecule has 3 aromatic rings. The van der Waals surface area contributed by atoms with Crippen molar-refractivity contribution in [3.63, 3.8) is 0 Å². The van der Waals surface area contributed by atoms with E-state index in [0.29, 0.717) is 12.4 Å². The third-order valence-corrected chi connectivity index (χ3v) is 5.48. The fourth-order valence-electron chi connectivity index (χ4n) is 3.74. The Morgan fingerprint density at radius 2 is 1.90 bits per heavy atom. The Morgan fingerprint density at radius 1 is 1.10 bits per heavy atom. The predicted molar refractivity (Wildman–Crippen MR) is 114 cm³/mol. The number of hydrogen-bond acceptors (Lipinski definition) is 4. The molecule has 30 heavy (non-hydrogen) atoms. The number of nitrogens with zero attached hydrogens (tertiary/aromatic N) is 3. The SMILES string of the molecule is Cn1nc(C2CN(CCc3ccccc3)CCO2)cc1CCOc1ccc(F)cc1. The molecule has 158 valence electrons. The lowest BCUT2D eigenvalue weighted by atomic mass is 10.1. The van der Waals surface area contributed by atoms with Gasteiger partial charge in [-0.2, -0.15) is 5.10 Å². The number of aromatic nitrogens is 2. The van der Waals surface area contributed by atoms with E-state index >= 15 is 0 Å². The molecule has 0 aliphatic carbocycles. The maximum atomic E-state index is 13.0. The first kappa shape index (κ1) is 20.6. The van der Waals surface area contributed by atoms with Gasteiger partial charge in [-0.05, 0) is 42.3 Å². The van der Waals surface area contributed by atoms with Gasteiger partial charge in [0.1, 0.15) is 17.7 Å². The van der Waals surface area contributed by atoms with Gasteiger partial charge in [0.15, 0.2) is 0 Å². The summed E-state index contributed by atoms with van der Waals surface area (Å²) in [6.07, 6.45) is 1.76. The van der Waals surface area contributed by atoms with Crippen LogP contribution in [0.2, 0.25) is 0 Å². The third-order valence-electron chi connectivity index (χ3n) is 5.48. The van der Waals surface area contributed by atoms with E-state index in [1.54, 1.807) is 12.1 Å². The molecule has 1 aromatic heterocycles. The van der Waals surface area contributed by atoms with Crippen molar-refractivity contribution in [2.75, 3.05) is 32.8 Å². The molecule has 1 fully saturated rings. The summed E-state index contributed by atoms with van der Waals surface area (Å²) in [5.41, 5.74) is 3.43. The monoisotopic (exact) mass is 409 g/mol. The van der Waals surface area contributed by atoms with Gasteiger partial charge in [-0.1, -0.05) is 30.3 Å². The van der Waals surface area contributed by atoms with Gasteiger partial charge in [0.05, 0.1) is 18.9 Å². The van der Waals surface area contributed by atoms with Crippen LogP contribution in [0, 0.1) is 5.82 Å². The average molecular weight is 410 g/mol. The molecule has 2 heterocycles. The first-order chi connectivity index (χ1) is 14.7. The van der Waals surface area contributed by atoms with Crippen LogP contribution in [0.5, 0.6) is 5.75 Å². The van der Waals surface area contributed by atoms with Crippen LogP contribution in [-0.2, 0) is 24.6 Å². The van der Waals surface area contributed by atoms with E-state index < -0.39 is 0 Å². The molecule has 6 heteroatoms. The van der Waals surface area contributed by atoms with Crippen molar-refractivity contribution in [2.24, 2.45) is 7.05 Å². The van der Waals surface area contributed by atoms with Gasteiger partial charge in [-0.25, -0.2) is 4.39 Å². The summed E-state index contributed by atoms with van der Waals surface area (Å²) < 4.78 is 26.6. The first-order valence-electron chi connectivity index (χ1n) is 10.5. The smallest absolute Gasteiger partial charge is 0.123 e. The summed E-state index contributed by atoms with van der Waals surface area (Å²) in [4.78, 5) is 2.45. The molecule has 1 aliphatic heterocycles. The second-order valence-corrected chi connectivity index (χ2v) is 7.63. The molecule has 1 saturated heterocycles. The Morgan fingerprint density at radius 3 is 2.70 bits per heavy atom. The lowest BCUT2D eigenvalue weighted by Gasteiger charge is -2.32. The molecule has 1 atom stereocenters. The Hall–Kier alpha value is -2.70. The van der Waals surface area contributed by atoms with Crippen LogP contribution in [0.4, 0.5) is 4.39 Å². The standard InChI is InChI=1S/C24H28FN3O2/c1-27-21(12-15-29-22-9-7-20(25)8-10-22)17-23(26-27)24-18-28(14-16-30-24)13-11-19-5-3-2-4-6-19/h2-10,17,24H,11-16,18H2,1H3. The largest absolute Gasteiger partial charge is 0.493 e. The molecular weight excluding hydrogens is 381 g/mol. The summed E-state index contributed by atoms with van der Waals surface area (Å²) >= 11 is 0. The Balaban J connectivity index is 1.29. The lowest BCUT2D eigenvalue weighted by Crippen LogP contribution is -2.39. The summed E-state index contributed by atoms with van der Waals surface area (Å²) in [6, 6.07) is 18.8. The molecule has 4 rings (SSSR count). The second-order valence-electron chi connectivity index (χ2n) is 7.63. The van der Waals surface area contributed by atoms with E-state index in [1.165, 1.54) is 17.7 Å². The summed E-state index contributed by atoms with van der Waals surface area (Å²) in [5.74, 6) is 0.410. The minimum atomic E-state index is -0.260. The highest BCUT2D eigenvalue weighted by atomic mass is 19.1. The second kappa shape index (κ2) is 9.87. The van der Waals surface area contributed by atoms with Crippen molar-refractivity contribution in [3.8, 4) is 5.75 Å². The van der Waals surface area contributed by atoms with E-state index in [9.17, 15) is 4.39 Å². The highest BCUT2D eigenvalue weighted by Gasteiger charge is 2.24. The van der Waals surface area contributed by atoms with Gasteiger partial charge in [0.2, 0.25) is 0 Å². The van der Waals surface area contributed by atoms with Crippen LogP contribution < -0.4 is 4.74 Å². The molecule has 0 amide bonds. The number of morpholine rings is 1. The lowest BCUT2D eigenvalue weighted by molar-refractivity contribution is -0.0318. The van der Waals surface area contributed by atoms with Gasteiger partial charge in [0.25, 0.3) is 0 Å². The molecule has 1 unspecified atom stereocenters. The highest BCUT2D eigenvalue weighted by Crippen LogP contribution is 2.22. The van der Waals surface area contributed by atoms with Crippen molar-refractivity contribution in [2.45, 2.75) is 18.9 Å². The van der Waals surface area contributed by atoms with Crippen molar-refractivity contribution in [1.82, 2.24) is 14.7 Å². The number of hydrogen-bond donors (Lipinski definition) is 0. The molecule has 0 saturated carbocycles. The number of rotatable bonds is 8. The summed E-state index contributed by atoms with van der Waals surface area (Å²) in [6.45, 7) is 4.07. The minimum Gasteiger partial charge on any atom is -0.493 e. The molecule has 5 nitrogen and oxygen atoms in total. The molecule has 0 bridgehead atoms. The Labute approximate surface area is 177 Å². The van der Waals surface area contributed by atoms with Crippen molar-refractivity contribution in [3.05, 3.63) is 83.4 Å². The minimum absolute atomic E-state index is 0.00695. The molecular formula is C24H28FN3O2. The van der Waals surface area contributed by atoms with Crippen molar-refractivity contribution >= 4 is 0 Å². The van der Waals surface area contributed by atoms with Gasteiger partial charge in [-0.3, -0.25) is 9.58 Å². The van der Waals surface area contributed by atoms with Crippen LogP contribution in [0.25, 0.3) is 0 Å². The van der Waals surface area contributed by atoms with Gasteiger partial charge in [-0.15, -0.1) is 0 Å². The van der Waals surface area contributed by atoms with E-state index in [1.807, 2.05) is 11.7 Å². The van der Waals surface area contributed by atoms with Crippen molar-refractivity contribution in [1.29, 1.82) is 0 Å². The molecule has 0 spiro atoms. The van der Waals surface area contributed by atoms with Gasteiger partial charge in [0, 0.05) is 38.8 Å². The predicted octanol–water partition coefficient (Wildman–Crippen LogP) is 3.80. The van der Waals surface area contributed by atoms with Gasteiger partial charge < -0.3 is 9.47 Å². The van der Waals surface area contributed by atoms with Crippen LogP contribution in [-0.4, -0.2) is 47.5 Å². The number of ether oxygens (including phenoxy) is 2. The van der Waals surface area contributed by atoms with Crippen LogP contribution in [0.1, 0.15) is 23.1 Å². The van der Waals surface area contributed by atoms with E-state index in [2.05, 4.69) is 46.4 Å². The zero-order chi connectivity index (χ0) is 20.8. The maximum Gasteiger partial charge on any atom is 0.123 e. The van der Waals surface area contributed by atoms with E-state index in [0.717, 1.165) is 50.5 Å². The van der Waals surface area contributed by atoms with Gasteiger partial charge >= 0.3 is 0 Å². The average Bonchev–Trinajstić information content (AvgIpc) is 3.15. The van der Waals surface area contributed by atoms with Crippen molar-refractivity contribution < 1.29 is 13.9 Å². The fourth-order valence-corrected chi connectivity index (χ4v) is 3.74. The Kier molecular flexibility index (Phi) is 6.77. The fraction of sp³-hybridized carbons (Fsp3) is 0.375.